The fourth-order valence-electron chi connectivity index (χ4n) is 0.254. The lowest BCUT2D eigenvalue weighted by Gasteiger charge is -1.97. The molecule has 0 aromatic carbocycles. The number of quaternary nitrogens is 1. The highest BCUT2D eigenvalue weighted by atomic mass is 16.5. The fourth-order valence-corrected chi connectivity index (χ4v) is 0.254. The third kappa shape index (κ3) is 14.1. The van der Waals surface area contributed by atoms with Gasteiger partial charge in [0.2, 0.25) is 0 Å². The van der Waals surface area contributed by atoms with Crippen LogP contribution in [0.4, 0.5) is 0 Å². The van der Waals surface area contributed by atoms with E-state index in [0.29, 0.717) is 12.2 Å². The molecule has 0 aromatic heterocycles. The highest BCUT2D eigenvalue weighted by Crippen LogP contribution is 1.89. The largest absolute Gasteiger partial charge is 0.463 e. The molecule has 0 rings (SSSR count). The van der Waals surface area contributed by atoms with Crippen LogP contribution in [-0.4, -0.2) is 33.2 Å². The Kier molecular flexibility index (Phi) is 10.5. The van der Waals surface area contributed by atoms with E-state index in [9.17, 15) is 4.79 Å². The van der Waals surface area contributed by atoms with Crippen LogP contribution in [0.1, 0.15) is 20.8 Å². The summed E-state index contributed by atoms with van der Waals surface area (Å²) in [5.41, 5.74) is 0.451. The lowest BCUT2D eigenvalue weighted by atomic mass is 10.4. The van der Waals surface area contributed by atoms with Gasteiger partial charge in [0.05, 0.1) is 27.2 Å². The van der Waals surface area contributed by atoms with Crippen LogP contribution in [0, 0.1) is 0 Å². The van der Waals surface area contributed by atoms with Gasteiger partial charge in [0.1, 0.15) is 0 Å². The van der Waals surface area contributed by atoms with Crippen molar-refractivity contribution in [1.82, 2.24) is 0 Å². The summed E-state index contributed by atoms with van der Waals surface area (Å²) in [6.45, 7) is 10.6. The summed E-state index contributed by atoms with van der Waals surface area (Å²) >= 11 is 0. The van der Waals surface area contributed by atoms with Crippen molar-refractivity contribution in [3.63, 3.8) is 0 Å². The second kappa shape index (κ2) is 9.26. The third-order valence-corrected chi connectivity index (χ3v) is 1.33. The normalized spacial score (nSPS) is 8.77. The molecule has 13 heavy (non-hydrogen) atoms. The molecule has 0 saturated heterocycles. The Labute approximate surface area is 81.4 Å². The van der Waals surface area contributed by atoms with Gasteiger partial charge in [-0.05, 0) is 20.8 Å². The molecule has 78 valence electrons. The Morgan fingerprint density at radius 2 is 1.77 bits per heavy atom. The first-order valence-electron chi connectivity index (χ1n) is 4.57. The SMILES string of the molecule is C=C(C)C(=O)OCC.CC[NH+](C)C. The molecule has 0 unspecified atom stereocenters. The Morgan fingerprint density at radius 3 is 1.85 bits per heavy atom. The summed E-state index contributed by atoms with van der Waals surface area (Å²) in [6, 6.07) is 0. The van der Waals surface area contributed by atoms with Crippen LogP contribution in [0.2, 0.25) is 0 Å². The number of esters is 1. The average molecular weight is 188 g/mol. The molecule has 0 aliphatic carbocycles. The second-order valence-electron chi connectivity index (χ2n) is 3.06. The number of hydrogen-bond donors (Lipinski definition) is 1. The molecule has 0 aliphatic rings. The van der Waals surface area contributed by atoms with Gasteiger partial charge in [-0.2, -0.15) is 0 Å². The number of hydrogen-bond acceptors (Lipinski definition) is 2. The first-order valence-corrected chi connectivity index (χ1v) is 4.57. The van der Waals surface area contributed by atoms with Gasteiger partial charge in [-0.15, -0.1) is 0 Å². The van der Waals surface area contributed by atoms with Gasteiger partial charge < -0.3 is 9.64 Å². The van der Waals surface area contributed by atoms with Crippen molar-refractivity contribution in [2.24, 2.45) is 0 Å². The van der Waals surface area contributed by atoms with E-state index in [1.165, 1.54) is 11.4 Å². The van der Waals surface area contributed by atoms with E-state index in [1.54, 1.807) is 13.8 Å². The number of carbonyl (C=O) groups is 1. The monoisotopic (exact) mass is 188 g/mol. The lowest BCUT2D eigenvalue weighted by Crippen LogP contribution is -3.05. The second-order valence-corrected chi connectivity index (χ2v) is 3.06. The van der Waals surface area contributed by atoms with Gasteiger partial charge >= 0.3 is 5.97 Å². The summed E-state index contributed by atoms with van der Waals surface area (Å²) in [7, 11) is 4.28. The minimum absolute atomic E-state index is 0.312. The van der Waals surface area contributed by atoms with Gasteiger partial charge in [-0.3, -0.25) is 0 Å². The molecule has 0 saturated carbocycles. The molecule has 0 aliphatic heterocycles. The van der Waals surface area contributed by atoms with Crippen molar-refractivity contribution in [3.05, 3.63) is 12.2 Å². The van der Waals surface area contributed by atoms with Gasteiger partial charge in [0, 0.05) is 5.57 Å². The van der Waals surface area contributed by atoms with E-state index in [2.05, 4.69) is 32.3 Å². The fraction of sp³-hybridized carbons (Fsp3) is 0.700. The summed E-state index contributed by atoms with van der Waals surface area (Å²) in [5.74, 6) is -0.312. The highest BCUT2D eigenvalue weighted by molar-refractivity contribution is 5.86. The van der Waals surface area contributed by atoms with Gasteiger partial charge in [0.15, 0.2) is 0 Å². The van der Waals surface area contributed by atoms with E-state index in [-0.39, 0.29) is 5.97 Å². The predicted octanol–water partition coefficient (Wildman–Crippen LogP) is 0.276. The van der Waals surface area contributed by atoms with Crippen molar-refractivity contribution in [2.75, 3.05) is 27.2 Å². The highest BCUT2D eigenvalue weighted by Gasteiger charge is 1.98. The number of nitrogens with one attached hydrogen (secondary N) is 1. The van der Waals surface area contributed by atoms with Crippen LogP contribution >= 0.6 is 0 Å². The van der Waals surface area contributed by atoms with E-state index in [4.69, 9.17) is 0 Å². The minimum Gasteiger partial charge on any atom is -0.463 e. The Balaban J connectivity index is 0. The zero-order chi connectivity index (χ0) is 10.9. The molecule has 3 heteroatoms. The van der Waals surface area contributed by atoms with Crippen LogP contribution in [-0.2, 0) is 9.53 Å². The van der Waals surface area contributed by atoms with Crippen LogP contribution < -0.4 is 4.90 Å². The molecule has 0 heterocycles. The first-order chi connectivity index (χ1) is 5.95. The van der Waals surface area contributed by atoms with E-state index >= 15 is 0 Å². The molecule has 0 bridgehead atoms. The first kappa shape index (κ1) is 14.7. The van der Waals surface area contributed by atoms with Crippen molar-refractivity contribution in [2.45, 2.75) is 20.8 Å². The zero-order valence-corrected chi connectivity index (χ0v) is 9.44. The number of carbonyl (C=O) groups excluding carboxylic acids is 1. The van der Waals surface area contributed by atoms with Crippen LogP contribution in [0.25, 0.3) is 0 Å². The Bertz CT molecular complexity index is 153. The van der Waals surface area contributed by atoms with Gasteiger partial charge in [0.25, 0.3) is 0 Å². The smallest absolute Gasteiger partial charge is 0.333 e. The average Bonchev–Trinajstić information content (AvgIpc) is 2.06. The maximum atomic E-state index is 10.4. The lowest BCUT2D eigenvalue weighted by molar-refractivity contribution is -0.856. The zero-order valence-electron chi connectivity index (χ0n) is 9.44. The maximum absolute atomic E-state index is 10.4. The number of rotatable bonds is 3. The molecular weight excluding hydrogens is 166 g/mol. The van der Waals surface area contributed by atoms with E-state index in [0.717, 1.165) is 0 Å². The quantitative estimate of drug-likeness (QED) is 0.509. The van der Waals surface area contributed by atoms with Crippen molar-refractivity contribution in [1.29, 1.82) is 0 Å². The predicted molar refractivity (Wildman–Crippen MR) is 54.8 cm³/mol. The molecule has 3 nitrogen and oxygen atoms in total. The Hall–Kier alpha value is -0.830. The molecular formula is C10H22NO2+. The number of ether oxygens (including phenoxy) is 1. The summed E-state index contributed by atoms with van der Waals surface area (Å²) < 4.78 is 4.56. The summed E-state index contributed by atoms with van der Waals surface area (Å²) in [6.07, 6.45) is 0. The maximum Gasteiger partial charge on any atom is 0.333 e. The van der Waals surface area contributed by atoms with Crippen LogP contribution in [0.5, 0.6) is 0 Å². The molecule has 0 radical (unpaired) electrons. The minimum atomic E-state index is -0.312. The van der Waals surface area contributed by atoms with Crippen LogP contribution in [0.3, 0.4) is 0 Å². The summed E-state index contributed by atoms with van der Waals surface area (Å²) in [4.78, 5) is 11.9. The van der Waals surface area contributed by atoms with Gasteiger partial charge in [-0.25, -0.2) is 4.79 Å². The standard InChI is InChI=1S/C6H10O2.C4H11N/c1-4-8-6(7)5(2)3;1-4-5(2)3/h2,4H2,1,3H3;4H2,1-3H3/p+1. The van der Waals surface area contributed by atoms with Crippen molar-refractivity contribution < 1.29 is 14.4 Å². The van der Waals surface area contributed by atoms with E-state index < -0.39 is 0 Å². The molecule has 1 N–H and O–H groups in total. The molecule has 0 amide bonds. The molecule has 0 aromatic rings. The van der Waals surface area contributed by atoms with E-state index in [1.807, 2.05) is 0 Å². The topological polar surface area (TPSA) is 30.7 Å². The summed E-state index contributed by atoms with van der Waals surface area (Å²) in [5, 5.41) is 0. The van der Waals surface area contributed by atoms with Crippen molar-refractivity contribution >= 4 is 5.97 Å². The molecule has 0 atom stereocenters. The molecule has 0 fully saturated rings. The molecule has 0 spiro atoms. The third-order valence-electron chi connectivity index (χ3n) is 1.33. The van der Waals surface area contributed by atoms with Crippen LogP contribution in [0.15, 0.2) is 12.2 Å². The van der Waals surface area contributed by atoms with Gasteiger partial charge in [-0.1, -0.05) is 6.58 Å². The van der Waals surface area contributed by atoms with Crippen molar-refractivity contribution in [3.8, 4) is 0 Å². The Morgan fingerprint density at radius 1 is 1.38 bits per heavy atom.